The SMILES string of the molecule is CC(C)(C)c1nc(NN)cc(N2C3CCC2CC(O)C3)n1. The van der Waals surface area contributed by atoms with Crippen LogP contribution in [0.15, 0.2) is 6.07 Å². The number of rotatable bonds is 2. The molecule has 0 spiro atoms. The lowest BCUT2D eigenvalue weighted by molar-refractivity contribution is 0.126. The van der Waals surface area contributed by atoms with Gasteiger partial charge in [-0.3, -0.25) is 0 Å². The zero-order chi connectivity index (χ0) is 15.2. The second kappa shape index (κ2) is 5.10. The van der Waals surface area contributed by atoms with Gasteiger partial charge in [-0.25, -0.2) is 15.8 Å². The topological polar surface area (TPSA) is 87.3 Å². The smallest absolute Gasteiger partial charge is 0.145 e. The van der Waals surface area contributed by atoms with Crippen molar-refractivity contribution in [2.45, 2.75) is 70.1 Å². The Morgan fingerprint density at radius 1 is 1.24 bits per heavy atom. The third-order valence-corrected chi connectivity index (χ3v) is 4.50. The summed E-state index contributed by atoms with van der Waals surface area (Å²) in [6.45, 7) is 6.29. The van der Waals surface area contributed by atoms with Crippen LogP contribution in [-0.4, -0.2) is 33.3 Å². The number of aliphatic hydroxyl groups excluding tert-OH is 1. The number of hydrogen-bond donors (Lipinski definition) is 3. The summed E-state index contributed by atoms with van der Waals surface area (Å²) in [6.07, 6.45) is 3.74. The summed E-state index contributed by atoms with van der Waals surface area (Å²) in [5.74, 6) is 7.94. The number of aromatic nitrogens is 2. The molecule has 0 aliphatic carbocycles. The quantitative estimate of drug-likeness (QED) is 0.566. The molecule has 1 aromatic heterocycles. The molecular weight excluding hydrogens is 266 g/mol. The fraction of sp³-hybridized carbons (Fsp3) is 0.733. The molecule has 1 aromatic rings. The Kier molecular flexibility index (Phi) is 3.53. The van der Waals surface area contributed by atoms with Crippen LogP contribution < -0.4 is 16.2 Å². The largest absolute Gasteiger partial charge is 0.393 e. The van der Waals surface area contributed by atoms with Crippen LogP contribution in [-0.2, 0) is 5.41 Å². The number of fused-ring (bicyclic) bond motifs is 2. The maximum absolute atomic E-state index is 9.95. The van der Waals surface area contributed by atoms with Gasteiger partial charge in [0.2, 0.25) is 0 Å². The number of anilines is 2. The molecule has 2 saturated heterocycles. The molecule has 2 unspecified atom stereocenters. The predicted molar refractivity (Wildman–Crippen MR) is 83.1 cm³/mol. The highest BCUT2D eigenvalue weighted by Gasteiger charge is 2.41. The fourth-order valence-corrected chi connectivity index (χ4v) is 3.50. The summed E-state index contributed by atoms with van der Waals surface area (Å²) in [5, 5.41) is 9.95. The number of hydrazine groups is 1. The number of nitrogens with zero attached hydrogens (tertiary/aromatic N) is 3. The van der Waals surface area contributed by atoms with Gasteiger partial charge in [-0.2, -0.15) is 0 Å². The Bertz CT molecular complexity index is 513. The summed E-state index contributed by atoms with van der Waals surface area (Å²) in [5.41, 5.74) is 2.52. The monoisotopic (exact) mass is 291 g/mol. The molecule has 0 amide bonds. The van der Waals surface area contributed by atoms with E-state index in [0.29, 0.717) is 17.9 Å². The molecule has 6 nitrogen and oxygen atoms in total. The van der Waals surface area contributed by atoms with E-state index in [-0.39, 0.29) is 11.5 Å². The first-order valence-corrected chi connectivity index (χ1v) is 7.71. The number of nitrogens with one attached hydrogen (secondary N) is 1. The Labute approximate surface area is 125 Å². The van der Waals surface area contributed by atoms with Gasteiger partial charge in [-0.15, -0.1) is 0 Å². The highest BCUT2D eigenvalue weighted by Crippen LogP contribution is 2.39. The molecule has 2 aliphatic heterocycles. The minimum atomic E-state index is -0.172. The van der Waals surface area contributed by atoms with Crippen LogP contribution in [0, 0.1) is 0 Å². The number of piperidine rings is 1. The van der Waals surface area contributed by atoms with E-state index in [0.717, 1.165) is 37.3 Å². The van der Waals surface area contributed by atoms with Gasteiger partial charge in [0.05, 0.1) is 6.10 Å². The Morgan fingerprint density at radius 2 is 1.86 bits per heavy atom. The third kappa shape index (κ3) is 2.70. The van der Waals surface area contributed by atoms with Crippen molar-refractivity contribution in [3.8, 4) is 0 Å². The average Bonchev–Trinajstić information content (AvgIpc) is 2.69. The Hall–Kier alpha value is -1.40. The standard InChI is InChI=1S/C15H25N5O/c1-15(2,3)14-17-12(19-16)8-13(18-14)20-9-4-5-10(20)7-11(21)6-9/h8-11,21H,4-7,16H2,1-3H3,(H,17,18,19). The van der Waals surface area contributed by atoms with Crippen LogP contribution in [0.1, 0.15) is 52.3 Å². The highest BCUT2D eigenvalue weighted by molar-refractivity contribution is 5.52. The third-order valence-electron chi connectivity index (χ3n) is 4.50. The average molecular weight is 291 g/mol. The van der Waals surface area contributed by atoms with Crippen molar-refractivity contribution in [2.75, 3.05) is 10.3 Å². The van der Waals surface area contributed by atoms with Crippen LogP contribution in [0.4, 0.5) is 11.6 Å². The van der Waals surface area contributed by atoms with E-state index in [1.54, 1.807) is 0 Å². The lowest BCUT2D eigenvalue weighted by Gasteiger charge is -2.38. The Balaban J connectivity index is 1.99. The normalized spacial score (nSPS) is 28.8. The molecule has 0 radical (unpaired) electrons. The molecular formula is C15H25N5O. The van der Waals surface area contributed by atoms with Crippen molar-refractivity contribution in [3.05, 3.63) is 11.9 Å². The van der Waals surface area contributed by atoms with Crippen LogP contribution in [0.2, 0.25) is 0 Å². The second-order valence-electron chi connectivity index (χ2n) is 7.25. The van der Waals surface area contributed by atoms with Crippen molar-refractivity contribution < 1.29 is 5.11 Å². The van der Waals surface area contributed by atoms with Gasteiger partial charge in [0.1, 0.15) is 17.5 Å². The van der Waals surface area contributed by atoms with E-state index in [1.165, 1.54) is 0 Å². The summed E-state index contributed by atoms with van der Waals surface area (Å²) in [4.78, 5) is 11.6. The molecule has 2 aliphatic rings. The van der Waals surface area contributed by atoms with Gasteiger partial charge in [0.25, 0.3) is 0 Å². The Morgan fingerprint density at radius 3 is 2.38 bits per heavy atom. The molecule has 21 heavy (non-hydrogen) atoms. The molecule has 3 rings (SSSR count). The van der Waals surface area contributed by atoms with E-state index in [2.05, 4.69) is 36.1 Å². The molecule has 2 fully saturated rings. The van der Waals surface area contributed by atoms with Crippen LogP contribution in [0.5, 0.6) is 0 Å². The zero-order valence-electron chi connectivity index (χ0n) is 13.0. The van der Waals surface area contributed by atoms with Crippen LogP contribution >= 0.6 is 0 Å². The summed E-state index contributed by atoms with van der Waals surface area (Å²) < 4.78 is 0. The molecule has 3 heterocycles. The number of aliphatic hydroxyl groups is 1. The molecule has 2 atom stereocenters. The molecule has 4 N–H and O–H groups in total. The van der Waals surface area contributed by atoms with E-state index in [1.807, 2.05) is 6.07 Å². The van der Waals surface area contributed by atoms with Gasteiger partial charge in [0.15, 0.2) is 0 Å². The first kappa shape index (κ1) is 14.5. The predicted octanol–water partition coefficient (Wildman–Crippen LogP) is 1.55. The molecule has 2 bridgehead atoms. The first-order chi connectivity index (χ1) is 9.88. The van der Waals surface area contributed by atoms with Crippen LogP contribution in [0.25, 0.3) is 0 Å². The van der Waals surface area contributed by atoms with Crippen molar-refractivity contribution in [2.24, 2.45) is 5.84 Å². The summed E-state index contributed by atoms with van der Waals surface area (Å²) in [7, 11) is 0. The van der Waals surface area contributed by atoms with Crippen molar-refractivity contribution >= 4 is 11.6 Å². The second-order valence-corrected chi connectivity index (χ2v) is 7.25. The summed E-state index contributed by atoms with van der Waals surface area (Å²) >= 11 is 0. The number of nitrogens with two attached hydrogens (primary N) is 1. The van der Waals surface area contributed by atoms with E-state index < -0.39 is 0 Å². The van der Waals surface area contributed by atoms with Gasteiger partial charge >= 0.3 is 0 Å². The molecule has 6 heteroatoms. The molecule has 116 valence electrons. The van der Waals surface area contributed by atoms with Crippen molar-refractivity contribution in [3.63, 3.8) is 0 Å². The fourth-order valence-electron chi connectivity index (χ4n) is 3.50. The summed E-state index contributed by atoms with van der Waals surface area (Å²) in [6, 6.07) is 2.68. The molecule has 0 saturated carbocycles. The van der Waals surface area contributed by atoms with Crippen molar-refractivity contribution in [1.82, 2.24) is 9.97 Å². The maximum Gasteiger partial charge on any atom is 0.145 e. The van der Waals surface area contributed by atoms with Crippen LogP contribution in [0.3, 0.4) is 0 Å². The van der Waals surface area contributed by atoms with Crippen molar-refractivity contribution in [1.29, 1.82) is 0 Å². The van der Waals surface area contributed by atoms with E-state index in [9.17, 15) is 5.11 Å². The minimum Gasteiger partial charge on any atom is -0.393 e. The minimum absolute atomic E-state index is 0.129. The maximum atomic E-state index is 9.95. The first-order valence-electron chi connectivity index (χ1n) is 7.71. The van der Waals surface area contributed by atoms with E-state index >= 15 is 0 Å². The van der Waals surface area contributed by atoms with Gasteiger partial charge in [0, 0.05) is 23.6 Å². The van der Waals surface area contributed by atoms with E-state index in [4.69, 9.17) is 10.8 Å². The van der Waals surface area contributed by atoms with Gasteiger partial charge < -0.3 is 15.4 Å². The van der Waals surface area contributed by atoms with Gasteiger partial charge in [-0.1, -0.05) is 20.8 Å². The highest BCUT2D eigenvalue weighted by atomic mass is 16.3. The zero-order valence-corrected chi connectivity index (χ0v) is 13.0. The number of hydrogen-bond acceptors (Lipinski definition) is 6. The van der Waals surface area contributed by atoms with Gasteiger partial charge in [-0.05, 0) is 25.7 Å². The number of nitrogen functional groups attached to an aromatic ring is 1. The lowest BCUT2D eigenvalue weighted by Crippen LogP contribution is -2.45. The lowest BCUT2D eigenvalue weighted by atomic mass is 9.95. The molecule has 0 aromatic carbocycles.